The lowest BCUT2D eigenvalue weighted by Crippen LogP contribution is -2.14. The third-order valence-electron chi connectivity index (χ3n) is 3.45. The molecular formula is C17H20N2O4S. The Kier molecular flexibility index (Phi) is 5.58. The molecule has 3 N–H and O–H groups in total. The number of ether oxygens (including phenoxy) is 1. The molecule has 1 amide bonds. The number of sulfonamides is 1. The zero-order valence-corrected chi connectivity index (χ0v) is 14.3. The van der Waals surface area contributed by atoms with Gasteiger partial charge in [-0.2, -0.15) is 0 Å². The second-order valence-corrected chi connectivity index (χ2v) is 6.95. The first-order chi connectivity index (χ1) is 11.3. The van der Waals surface area contributed by atoms with E-state index in [1.54, 1.807) is 24.3 Å². The van der Waals surface area contributed by atoms with Gasteiger partial charge in [-0.25, -0.2) is 13.6 Å². The molecule has 0 bridgehead atoms. The Balaban J connectivity index is 2.11. The molecule has 0 aromatic heterocycles. The second-order valence-electron chi connectivity index (χ2n) is 5.39. The van der Waals surface area contributed by atoms with E-state index in [1.807, 2.05) is 13.8 Å². The monoisotopic (exact) mass is 348 g/mol. The maximum Gasteiger partial charge on any atom is 0.255 e. The quantitative estimate of drug-likeness (QED) is 0.838. The van der Waals surface area contributed by atoms with Crippen LogP contribution < -0.4 is 15.2 Å². The van der Waals surface area contributed by atoms with E-state index in [4.69, 9.17) is 9.88 Å². The normalized spacial score (nSPS) is 12.5. The third-order valence-corrected chi connectivity index (χ3v) is 4.38. The van der Waals surface area contributed by atoms with E-state index in [-0.39, 0.29) is 16.9 Å². The van der Waals surface area contributed by atoms with E-state index >= 15 is 0 Å². The molecule has 2 aromatic carbocycles. The predicted molar refractivity (Wildman–Crippen MR) is 92.6 cm³/mol. The van der Waals surface area contributed by atoms with Crippen molar-refractivity contribution in [2.45, 2.75) is 31.3 Å². The van der Waals surface area contributed by atoms with Gasteiger partial charge < -0.3 is 10.1 Å². The molecule has 2 rings (SSSR count). The molecule has 24 heavy (non-hydrogen) atoms. The van der Waals surface area contributed by atoms with Gasteiger partial charge in [0, 0.05) is 11.3 Å². The van der Waals surface area contributed by atoms with E-state index in [1.165, 1.54) is 24.3 Å². The molecule has 0 saturated carbocycles. The Labute approximate surface area is 141 Å². The molecule has 2 aromatic rings. The highest BCUT2D eigenvalue weighted by Crippen LogP contribution is 2.18. The van der Waals surface area contributed by atoms with Gasteiger partial charge in [0.15, 0.2) is 0 Å². The molecule has 0 saturated heterocycles. The van der Waals surface area contributed by atoms with Crippen molar-refractivity contribution in [3.63, 3.8) is 0 Å². The van der Waals surface area contributed by atoms with Gasteiger partial charge in [0.25, 0.3) is 5.91 Å². The molecule has 0 aliphatic heterocycles. The van der Waals surface area contributed by atoms with Gasteiger partial charge in [0.1, 0.15) is 5.75 Å². The van der Waals surface area contributed by atoms with Crippen LogP contribution in [0.25, 0.3) is 0 Å². The summed E-state index contributed by atoms with van der Waals surface area (Å²) in [6.45, 7) is 3.98. The molecule has 7 heteroatoms. The summed E-state index contributed by atoms with van der Waals surface area (Å²) in [4.78, 5) is 12.3. The summed E-state index contributed by atoms with van der Waals surface area (Å²) in [5.41, 5.74) is 0.923. The van der Waals surface area contributed by atoms with E-state index < -0.39 is 10.0 Å². The second kappa shape index (κ2) is 7.46. The van der Waals surface area contributed by atoms with Gasteiger partial charge in [0.2, 0.25) is 10.0 Å². The van der Waals surface area contributed by atoms with E-state index in [0.29, 0.717) is 17.0 Å². The van der Waals surface area contributed by atoms with Gasteiger partial charge in [-0.3, -0.25) is 4.79 Å². The van der Waals surface area contributed by atoms with Crippen LogP contribution in [0.15, 0.2) is 53.4 Å². The molecule has 0 fully saturated rings. The highest BCUT2D eigenvalue weighted by molar-refractivity contribution is 7.89. The van der Waals surface area contributed by atoms with Crippen LogP contribution in [-0.2, 0) is 10.0 Å². The Morgan fingerprint density at radius 3 is 2.46 bits per heavy atom. The zero-order chi connectivity index (χ0) is 17.7. The summed E-state index contributed by atoms with van der Waals surface area (Å²) in [5, 5.41) is 7.74. The highest BCUT2D eigenvalue weighted by Gasteiger charge is 2.10. The van der Waals surface area contributed by atoms with Gasteiger partial charge in [-0.15, -0.1) is 0 Å². The molecule has 0 spiro atoms. The van der Waals surface area contributed by atoms with Crippen molar-refractivity contribution >= 4 is 21.6 Å². The summed E-state index contributed by atoms with van der Waals surface area (Å²) in [6.07, 6.45) is 0.932. The number of nitrogens with one attached hydrogen (secondary N) is 1. The van der Waals surface area contributed by atoms with Gasteiger partial charge in [-0.05, 0) is 55.8 Å². The summed E-state index contributed by atoms with van der Waals surface area (Å²) in [5.74, 6) is 0.314. The molecule has 6 nitrogen and oxygen atoms in total. The minimum Gasteiger partial charge on any atom is -0.491 e. The average molecular weight is 348 g/mol. The molecule has 1 unspecified atom stereocenters. The van der Waals surface area contributed by atoms with Crippen molar-refractivity contribution in [2.24, 2.45) is 5.14 Å². The number of rotatable bonds is 6. The molecule has 0 radical (unpaired) electrons. The van der Waals surface area contributed by atoms with Crippen molar-refractivity contribution in [2.75, 3.05) is 5.32 Å². The summed E-state index contributed by atoms with van der Waals surface area (Å²) in [6, 6.07) is 12.5. The van der Waals surface area contributed by atoms with Crippen molar-refractivity contribution < 1.29 is 17.9 Å². The maximum absolute atomic E-state index is 12.3. The minimum atomic E-state index is -3.75. The first kappa shape index (κ1) is 18.0. The van der Waals surface area contributed by atoms with Crippen molar-refractivity contribution in [1.82, 2.24) is 0 Å². The fourth-order valence-corrected chi connectivity index (χ4v) is 2.47. The molecule has 0 heterocycles. The molecule has 128 valence electrons. The minimum absolute atomic E-state index is 0.00977. The number of carbonyl (C=O) groups excluding carboxylic acids is 1. The van der Waals surface area contributed by atoms with Gasteiger partial charge in [-0.1, -0.05) is 13.0 Å². The Hall–Kier alpha value is -2.38. The van der Waals surface area contributed by atoms with E-state index in [9.17, 15) is 13.2 Å². The lowest BCUT2D eigenvalue weighted by Gasteiger charge is -2.13. The third kappa shape index (κ3) is 4.81. The molecular weight excluding hydrogens is 328 g/mol. The Bertz CT molecular complexity index is 817. The largest absolute Gasteiger partial charge is 0.491 e. The van der Waals surface area contributed by atoms with Crippen molar-refractivity contribution in [3.8, 4) is 5.75 Å². The van der Waals surface area contributed by atoms with E-state index in [0.717, 1.165) is 6.42 Å². The van der Waals surface area contributed by atoms with Crippen molar-refractivity contribution in [3.05, 3.63) is 54.1 Å². The Morgan fingerprint density at radius 2 is 1.88 bits per heavy atom. The smallest absolute Gasteiger partial charge is 0.255 e. The summed E-state index contributed by atoms with van der Waals surface area (Å²) >= 11 is 0. The fourth-order valence-electron chi connectivity index (χ4n) is 1.96. The SMILES string of the molecule is CCC(C)Oc1cccc(C(=O)Nc2ccc(S(N)(=O)=O)cc2)c1. The predicted octanol–water partition coefficient (Wildman–Crippen LogP) is 2.76. The van der Waals surface area contributed by atoms with Crippen LogP contribution in [0.2, 0.25) is 0 Å². The number of benzene rings is 2. The first-order valence-corrected chi connectivity index (χ1v) is 9.05. The molecule has 0 aliphatic rings. The van der Waals surface area contributed by atoms with Crippen molar-refractivity contribution in [1.29, 1.82) is 0 Å². The zero-order valence-electron chi connectivity index (χ0n) is 13.5. The average Bonchev–Trinajstić information content (AvgIpc) is 2.54. The fraction of sp³-hybridized carbons (Fsp3) is 0.235. The number of hydrogen-bond acceptors (Lipinski definition) is 4. The number of nitrogens with two attached hydrogens (primary N) is 1. The van der Waals surface area contributed by atoms with Crippen LogP contribution in [0.1, 0.15) is 30.6 Å². The van der Waals surface area contributed by atoms with Gasteiger partial charge >= 0.3 is 0 Å². The topological polar surface area (TPSA) is 98.5 Å². The lowest BCUT2D eigenvalue weighted by molar-refractivity contribution is 0.102. The van der Waals surface area contributed by atoms with Gasteiger partial charge in [0.05, 0.1) is 11.0 Å². The van der Waals surface area contributed by atoms with Crippen LogP contribution in [0.4, 0.5) is 5.69 Å². The van der Waals surface area contributed by atoms with Crippen LogP contribution in [0, 0.1) is 0 Å². The summed E-state index contributed by atoms with van der Waals surface area (Å²) < 4.78 is 28.1. The molecule has 0 aliphatic carbocycles. The van der Waals surface area contributed by atoms with Crippen LogP contribution >= 0.6 is 0 Å². The number of primary sulfonamides is 1. The number of hydrogen-bond donors (Lipinski definition) is 2. The standard InChI is InChI=1S/C17H20N2O4S/c1-3-12(2)23-15-6-4-5-13(11-15)17(20)19-14-7-9-16(10-8-14)24(18,21)22/h4-12H,3H2,1-2H3,(H,19,20)(H2,18,21,22). The van der Waals surface area contributed by atoms with Crippen LogP contribution in [-0.4, -0.2) is 20.4 Å². The lowest BCUT2D eigenvalue weighted by atomic mass is 10.2. The first-order valence-electron chi connectivity index (χ1n) is 7.50. The number of carbonyl (C=O) groups is 1. The highest BCUT2D eigenvalue weighted by atomic mass is 32.2. The number of anilines is 1. The summed E-state index contributed by atoms with van der Waals surface area (Å²) in [7, 11) is -3.75. The number of amides is 1. The van der Waals surface area contributed by atoms with Crippen LogP contribution in [0.3, 0.4) is 0 Å². The maximum atomic E-state index is 12.3. The Morgan fingerprint density at radius 1 is 1.21 bits per heavy atom. The molecule has 1 atom stereocenters. The van der Waals surface area contributed by atoms with E-state index in [2.05, 4.69) is 5.32 Å². The van der Waals surface area contributed by atoms with Crippen LogP contribution in [0.5, 0.6) is 5.75 Å².